The highest BCUT2D eigenvalue weighted by atomic mass is 79.9. The highest BCUT2D eigenvalue weighted by molar-refractivity contribution is 9.10. The van der Waals surface area contributed by atoms with Crippen molar-refractivity contribution in [2.75, 3.05) is 6.79 Å². The van der Waals surface area contributed by atoms with Crippen LogP contribution in [-0.4, -0.2) is 25.0 Å². The Bertz CT molecular complexity index is 828. The molecule has 1 aliphatic heterocycles. The van der Waals surface area contributed by atoms with E-state index in [4.69, 9.17) is 25.8 Å². The van der Waals surface area contributed by atoms with Crippen LogP contribution in [0, 0.1) is 0 Å². The van der Waals surface area contributed by atoms with Gasteiger partial charge in [-0.25, -0.2) is 5.43 Å². The highest BCUT2D eigenvalue weighted by Gasteiger charge is 2.16. The Kier molecular flexibility index (Phi) is 5.45. The largest absolute Gasteiger partial charge is 0.481 e. The van der Waals surface area contributed by atoms with Gasteiger partial charge in [-0.2, -0.15) is 5.10 Å². The number of nitrogens with one attached hydrogen (secondary N) is 1. The minimum absolute atomic E-state index is 0.192. The summed E-state index contributed by atoms with van der Waals surface area (Å²) in [5.74, 6) is 1.43. The van der Waals surface area contributed by atoms with Crippen molar-refractivity contribution >= 4 is 39.7 Å². The number of amides is 1. The van der Waals surface area contributed by atoms with Crippen LogP contribution < -0.4 is 19.6 Å². The molecular formula is C17H14BrClN2O4. The molecule has 0 bridgehead atoms. The van der Waals surface area contributed by atoms with E-state index in [-0.39, 0.29) is 12.7 Å². The standard InChI is InChI=1S/C17H14BrClN2O4/c1-10(25-13-4-2-3-12(19)6-13)17(22)21-20-8-11-5-15-16(7-14(11)18)24-9-23-15/h2-8,10H,9H2,1H3,(H,21,22)/b20-8-/t10-/m1/s1. The topological polar surface area (TPSA) is 69.2 Å². The van der Waals surface area contributed by atoms with Crippen LogP contribution in [0.1, 0.15) is 12.5 Å². The molecule has 0 radical (unpaired) electrons. The lowest BCUT2D eigenvalue weighted by Gasteiger charge is -2.13. The predicted molar refractivity (Wildman–Crippen MR) is 97.5 cm³/mol. The van der Waals surface area contributed by atoms with Gasteiger partial charge in [0.05, 0.1) is 6.21 Å². The number of benzene rings is 2. The van der Waals surface area contributed by atoms with Crippen LogP contribution in [-0.2, 0) is 4.79 Å². The van der Waals surface area contributed by atoms with Gasteiger partial charge in [0.1, 0.15) is 5.75 Å². The Morgan fingerprint density at radius 1 is 1.36 bits per heavy atom. The zero-order valence-electron chi connectivity index (χ0n) is 13.2. The molecule has 8 heteroatoms. The summed E-state index contributed by atoms with van der Waals surface area (Å²) in [4.78, 5) is 12.1. The molecule has 1 atom stereocenters. The average Bonchev–Trinajstić information content (AvgIpc) is 3.02. The summed E-state index contributed by atoms with van der Waals surface area (Å²) < 4.78 is 16.9. The third-order valence-corrected chi connectivity index (χ3v) is 4.27. The third kappa shape index (κ3) is 4.43. The number of carbonyl (C=O) groups excluding carboxylic acids is 1. The third-order valence-electron chi connectivity index (χ3n) is 3.35. The number of rotatable bonds is 5. The van der Waals surface area contributed by atoms with Gasteiger partial charge >= 0.3 is 0 Å². The fourth-order valence-electron chi connectivity index (χ4n) is 2.09. The van der Waals surface area contributed by atoms with Gasteiger partial charge < -0.3 is 14.2 Å². The molecule has 1 N–H and O–H groups in total. The van der Waals surface area contributed by atoms with Crippen LogP contribution in [0.15, 0.2) is 46.0 Å². The van der Waals surface area contributed by atoms with E-state index in [0.717, 1.165) is 10.0 Å². The van der Waals surface area contributed by atoms with Crippen LogP contribution in [0.4, 0.5) is 0 Å². The molecule has 1 amide bonds. The van der Waals surface area contributed by atoms with Gasteiger partial charge in [-0.05, 0) is 53.2 Å². The van der Waals surface area contributed by atoms with Crippen LogP contribution >= 0.6 is 27.5 Å². The molecular weight excluding hydrogens is 412 g/mol. The van der Waals surface area contributed by atoms with E-state index in [0.29, 0.717) is 22.3 Å². The maximum atomic E-state index is 12.1. The van der Waals surface area contributed by atoms with E-state index in [1.54, 1.807) is 43.3 Å². The Morgan fingerprint density at radius 3 is 2.88 bits per heavy atom. The van der Waals surface area contributed by atoms with Crippen molar-refractivity contribution in [1.82, 2.24) is 5.43 Å². The lowest BCUT2D eigenvalue weighted by atomic mass is 10.2. The molecule has 130 valence electrons. The molecule has 25 heavy (non-hydrogen) atoms. The quantitative estimate of drug-likeness (QED) is 0.585. The summed E-state index contributed by atoms with van der Waals surface area (Å²) in [6.45, 7) is 1.82. The average molecular weight is 426 g/mol. The monoisotopic (exact) mass is 424 g/mol. The number of halogens is 2. The van der Waals surface area contributed by atoms with Crippen LogP contribution in [0.25, 0.3) is 0 Å². The van der Waals surface area contributed by atoms with Gasteiger partial charge in [0.15, 0.2) is 17.6 Å². The molecule has 0 spiro atoms. The SMILES string of the molecule is C[C@@H](Oc1cccc(Cl)c1)C(=O)N/N=C\c1cc2c(cc1Br)OCO2. The number of hydrogen-bond acceptors (Lipinski definition) is 5. The van der Waals surface area contributed by atoms with Gasteiger partial charge in [-0.1, -0.05) is 17.7 Å². The summed E-state index contributed by atoms with van der Waals surface area (Å²) in [7, 11) is 0. The Balaban J connectivity index is 1.59. The number of ether oxygens (including phenoxy) is 3. The first-order valence-corrected chi connectivity index (χ1v) is 8.54. The fraction of sp³-hybridized carbons (Fsp3) is 0.176. The minimum Gasteiger partial charge on any atom is -0.481 e. The first-order valence-electron chi connectivity index (χ1n) is 7.37. The van der Waals surface area contributed by atoms with Crippen molar-refractivity contribution in [3.8, 4) is 17.2 Å². The molecule has 3 rings (SSSR count). The summed E-state index contributed by atoms with van der Waals surface area (Å²) >= 11 is 9.31. The second kappa shape index (κ2) is 7.76. The number of carbonyl (C=O) groups is 1. The summed E-state index contributed by atoms with van der Waals surface area (Å²) in [6, 6.07) is 10.4. The van der Waals surface area contributed by atoms with Crippen molar-refractivity contribution in [2.24, 2.45) is 5.10 Å². The predicted octanol–water partition coefficient (Wildman–Crippen LogP) is 3.75. The summed E-state index contributed by atoms with van der Waals surface area (Å²) in [5, 5.41) is 4.49. The molecule has 2 aromatic rings. The summed E-state index contributed by atoms with van der Waals surface area (Å²) in [6.07, 6.45) is 0.784. The Labute approximate surface area is 157 Å². The van der Waals surface area contributed by atoms with Crippen LogP contribution in [0.5, 0.6) is 17.2 Å². The van der Waals surface area contributed by atoms with Gasteiger partial charge in [0, 0.05) is 15.1 Å². The Morgan fingerprint density at radius 2 is 2.12 bits per heavy atom. The molecule has 0 unspecified atom stereocenters. The first-order chi connectivity index (χ1) is 12.0. The first kappa shape index (κ1) is 17.6. The van der Waals surface area contributed by atoms with Crippen LogP contribution in [0.2, 0.25) is 5.02 Å². The van der Waals surface area contributed by atoms with E-state index >= 15 is 0 Å². The van der Waals surface area contributed by atoms with E-state index < -0.39 is 6.10 Å². The van der Waals surface area contributed by atoms with E-state index in [1.165, 1.54) is 6.21 Å². The van der Waals surface area contributed by atoms with Gasteiger partial charge in [0.2, 0.25) is 6.79 Å². The van der Waals surface area contributed by atoms with Crippen molar-refractivity contribution in [1.29, 1.82) is 0 Å². The molecule has 0 saturated carbocycles. The van der Waals surface area contributed by atoms with Crippen molar-refractivity contribution in [2.45, 2.75) is 13.0 Å². The number of nitrogens with zero attached hydrogens (tertiary/aromatic N) is 1. The summed E-state index contributed by atoms with van der Waals surface area (Å²) in [5.41, 5.74) is 3.18. The van der Waals surface area contributed by atoms with Gasteiger partial charge in [0.25, 0.3) is 5.91 Å². The molecule has 6 nitrogen and oxygen atoms in total. The fourth-order valence-corrected chi connectivity index (χ4v) is 2.69. The molecule has 1 aliphatic rings. The van der Waals surface area contributed by atoms with Crippen molar-refractivity contribution in [3.63, 3.8) is 0 Å². The molecule has 0 saturated heterocycles. The normalized spacial score (nSPS) is 13.7. The van der Waals surface area contributed by atoms with Crippen molar-refractivity contribution in [3.05, 3.63) is 51.5 Å². The number of fused-ring (bicyclic) bond motifs is 1. The van der Waals surface area contributed by atoms with Gasteiger partial charge in [-0.3, -0.25) is 4.79 Å². The highest BCUT2D eigenvalue weighted by Crippen LogP contribution is 2.36. The van der Waals surface area contributed by atoms with Crippen molar-refractivity contribution < 1.29 is 19.0 Å². The lowest BCUT2D eigenvalue weighted by molar-refractivity contribution is -0.127. The van der Waals surface area contributed by atoms with E-state index in [2.05, 4.69) is 26.5 Å². The zero-order valence-corrected chi connectivity index (χ0v) is 15.5. The molecule has 0 aliphatic carbocycles. The number of hydrogen-bond donors (Lipinski definition) is 1. The zero-order chi connectivity index (χ0) is 17.8. The maximum Gasteiger partial charge on any atom is 0.280 e. The second-order valence-electron chi connectivity index (χ2n) is 5.18. The molecule has 0 fully saturated rings. The van der Waals surface area contributed by atoms with E-state index in [9.17, 15) is 4.79 Å². The minimum atomic E-state index is -0.726. The number of hydrazone groups is 1. The smallest absolute Gasteiger partial charge is 0.280 e. The second-order valence-corrected chi connectivity index (χ2v) is 6.47. The lowest BCUT2D eigenvalue weighted by Crippen LogP contribution is -2.33. The molecule has 0 aromatic heterocycles. The molecule has 2 aromatic carbocycles. The Hall–Kier alpha value is -2.25. The van der Waals surface area contributed by atoms with Crippen LogP contribution in [0.3, 0.4) is 0 Å². The maximum absolute atomic E-state index is 12.1. The van der Waals surface area contributed by atoms with Gasteiger partial charge in [-0.15, -0.1) is 0 Å². The molecule has 1 heterocycles. The van der Waals surface area contributed by atoms with E-state index in [1.807, 2.05) is 0 Å².